The van der Waals surface area contributed by atoms with Gasteiger partial charge in [-0.25, -0.2) is 9.59 Å². The summed E-state index contributed by atoms with van der Waals surface area (Å²) in [4.78, 5) is 23.8. The highest BCUT2D eigenvalue weighted by Crippen LogP contribution is 2.41. The first kappa shape index (κ1) is 21.8. The molecule has 0 N–H and O–H groups in total. The van der Waals surface area contributed by atoms with Crippen LogP contribution >= 0.6 is 0 Å². The molecule has 0 aliphatic heterocycles. The van der Waals surface area contributed by atoms with Crippen LogP contribution in [0.1, 0.15) is 25.0 Å². The van der Waals surface area contributed by atoms with Crippen molar-refractivity contribution in [1.82, 2.24) is 0 Å². The normalized spacial score (nSPS) is 10.6. The molecule has 0 fully saturated rings. The van der Waals surface area contributed by atoms with Crippen LogP contribution in [-0.4, -0.2) is 25.5 Å². The second kappa shape index (κ2) is 10.1. The van der Waals surface area contributed by atoms with Gasteiger partial charge in [-0.15, -0.1) is 0 Å². The van der Waals surface area contributed by atoms with Crippen LogP contribution in [0.15, 0.2) is 73.8 Å². The summed E-state index contributed by atoms with van der Waals surface area (Å²) < 4.78 is 20.6. The largest absolute Gasteiger partial charge is 0.514 e. The zero-order valence-corrected chi connectivity index (χ0v) is 16.6. The van der Waals surface area contributed by atoms with E-state index in [9.17, 15) is 9.59 Å². The van der Waals surface area contributed by atoms with Gasteiger partial charge >= 0.3 is 12.3 Å². The molecule has 29 heavy (non-hydrogen) atoms. The summed E-state index contributed by atoms with van der Waals surface area (Å²) in [7, 11) is 0. The van der Waals surface area contributed by atoms with Gasteiger partial charge in [0.15, 0.2) is 0 Å². The number of benzene rings is 2. The SMILES string of the molecule is C=CCOC(=O)Oc1ccccc1C(C)(C)c1ccccc1OC(=O)OCC=C. The van der Waals surface area contributed by atoms with Gasteiger partial charge in [0.1, 0.15) is 24.7 Å². The lowest BCUT2D eigenvalue weighted by Gasteiger charge is -2.29. The van der Waals surface area contributed by atoms with E-state index in [1.165, 1.54) is 12.2 Å². The molecule has 0 aromatic heterocycles. The third kappa shape index (κ3) is 5.72. The maximum atomic E-state index is 11.9. The van der Waals surface area contributed by atoms with E-state index < -0.39 is 17.7 Å². The number of carbonyl (C=O) groups excluding carboxylic acids is 2. The van der Waals surface area contributed by atoms with E-state index in [1.54, 1.807) is 24.3 Å². The molecule has 2 aromatic carbocycles. The lowest BCUT2D eigenvalue weighted by atomic mass is 9.77. The molecule has 2 rings (SSSR count). The zero-order chi connectivity index (χ0) is 21.3. The van der Waals surface area contributed by atoms with Crippen molar-refractivity contribution in [3.8, 4) is 11.5 Å². The van der Waals surface area contributed by atoms with Gasteiger partial charge in [-0.1, -0.05) is 75.6 Å². The highest BCUT2D eigenvalue weighted by Gasteiger charge is 2.31. The summed E-state index contributed by atoms with van der Waals surface area (Å²) in [5.41, 5.74) is 0.752. The van der Waals surface area contributed by atoms with Gasteiger partial charge in [-0.2, -0.15) is 0 Å². The zero-order valence-electron chi connectivity index (χ0n) is 16.6. The first-order valence-corrected chi connectivity index (χ1v) is 9.00. The molecule has 152 valence electrons. The number of ether oxygens (including phenoxy) is 4. The summed E-state index contributed by atoms with van der Waals surface area (Å²) in [5.74, 6) is 0.686. The number of carbonyl (C=O) groups is 2. The quantitative estimate of drug-likeness (QED) is 0.337. The van der Waals surface area contributed by atoms with Gasteiger partial charge in [0.2, 0.25) is 0 Å². The third-order valence-electron chi connectivity index (χ3n) is 4.15. The highest BCUT2D eigenvalue weighted by atomic mass is 16.7. The molecule has 0 atom stereocenters. The van der Waals surface area contributed by atoms with Crippen LogP contribution in [0, 0.1) is 0 Å². The molecular formula is C23H24O6. The van der Waals surface area contributed by atoms with Crippen LogP contribution in [0.3, 0.4) is 0 Å². The third-order valence-corrected chi connectivity index (χ3v) is 4.15. The van der Waals surface area contributed by atoms with Crippen LogP contribution in [-0.2, 0) is 14.9 Å². The molecule has 0 saturated carbocycles. The summed E-state index contributed by atoms with van der Waals surface area (Å²) >= 11 is 0. The fourth-order valence-corrected chi connectivity index (χ4v) is 2.78. The molecule has 0 saturated heterocycles. The molecule has 0 heterocycles. The Labute approximate surface area is 170 Å². The monoisotopic (exact) mass is 396 g/mol. The molecule has 0 spiro atoms. The average Bonchev–Trinajstić information content (AvgIpc) is 2.71. The molecule has 0 unspecified atom stereocenters. The molecule has 0 amide bonds. The van der Waals surface area contributed by atoms with Crippen LogP contribution < -0.4 is 9.47 Å². The fourth-order valence-electron chi connectivity index (χ4n) is 2.78. The predicted molar refractivity (Wildman–Crippen MR) is 109 cm³/mol. The van der Waals surface area contributed by atoms with Gasteiger partial charge in [0.25, 0.3) is 0 Å². The van der Waals surface area contributed by atoms with Gasteiger partial charge in [-0.3, -0.25) is 0 Å². The van der Waals surface area contributed by atoms with Crippen molar-refractivity contribution >= 4 is 12.3 Å². The van der Waals surface area contributed by atoms with Crippen molar-refractivity contribution in [2.24, 2.45) is 0 Å². The van der Waals surface area contributed by atoms with Gasteiger partial charge in [0, 0.05) is 16.5 Å². The van der Waals surface area contributed by atoms with E-state index in [-0.39, 0.29) is 13.2 Å². The molecular weight excluding hydrogens is 372 g/mol. The Morgan fingerprint density at radius 3 is 1.55 bits per heavy atom. The highest BCUT2D eigenvalue weighted by molar-refractivity contribution is 5.67. The van der Waals surface area contributed by atoms with E-state index in [0.29, 0.717) is 22.6 Å². The number of hydrogen-bond donors (Lipinski definition) is 0. The van der Waals surface area contributed by atoms with E-state index in [0.717, 1.165) is 0 Å². The molecule has 0 aliphatic rings. The van der Waals surface area contributed by atoms with Crippen LogP contribution in [0.4, 0.5) is 9.59 Å². The fraction of sp³-hybridized carbons (Fsp3) is 0.217. The predicted octanol–water partition coefficient (Wildman–Crippen LogP) is 5.42. The Balaban J connectivity index is 2.36. The molecule has 0 radical (unpaired) electrons. The first-order chi connectivity index (χ1) is 13.9. The van der Waals surface area contributed by atoms with Crippen LogP contribution in [0.5, 0.6) is 11.5 Å². The molecule has 6 heteroatoms. The standard InChI is InChI=1S/C23H24O6/c1-5-15-26-21(24)28-19-13-9-7-11-17(19)23(3,4)18-12-8-10-14-20(18)29-22(25)27-16-6-2/h5-14H,1-2,15-16H2,3-4H3. The Hall–Kier alpha value is -3.54. The van der Waals surface area contributed by atoms with E-state index in [2.05, 4.69) is 13.2 Å². The lowest BCUT2D eigenvalue weighted by Crippen LogP contribution is -2.23. The second-order valence-corrected chi connectivity index (χ2v) is 6.52. The van der Waals surface area contributed by atoms with Crippen molar-refractivity contribution in [1.29, 1.82) is 0 Å². The molecule has 6 nitrogen and oxygen atoms in total. The Morgan fingerprint density at radius 2 is 1.17 bits per heavy atom. The summed E-state index contributed by atoms with van der Waals surface area (Å²) in [6.45, 7) is 11.0. The smallest absolute Gasteiger partial charge is 0.430 e. The number of para-hydroxylation sites is 2. The molecule has 0 bridgehead atoms. The Bertz CT molecular complexity index is 813. The number of rotatable bonds is 8. The van der Waals surface area contributed by atoms with Crippen molar-refractivity contribution in [3.63, 3.8) is 0 Å². The van der Waals surface area contributed by atoms with Gasteiger partial charge in [-0.05, 0) is 12.1 Å². The molecule has 2 aromatic rings. The van der Waals surface area contributed by atoms with Crippen LogP contribution in [0.25, 0.3) is 0 Å². The average molecular weight is 396 g/mol. The van der Waals surface area contributed by atoms with E-state index in [1.807, 2.05) is 38.1 Å². The minimum absolute atomic E-state index is 0.0495. The Morgan fingerprint density at radius 1 is 0.793 bits per heavy atom. The number of hydrogen-bond acceptors (Lipinski definition) is 6. The molecule has 0 aliphatic carbocycles. The second-order valence-electron chi connectivity index (χ2n) is 6.52. The topological polar surface area (TPSA) is 71.1 Å². The van der Waals surface area contributed by atoms with Crippen molar-refractivity contribution < 1.29 is 28.5 Å². The maximum Gasteiger partial charge on any atom is 0.514 e. The lowest BCUT2D eigenvalue weighted by molar-refractivity contribution is 0.108. The van der Waals surface area contributed by atoms with Crippen LogP contribution in [0.2, 0.25) is 0 Å². The minimum atomic E-state index is -0.828. The van der Waals surface area contributed by atoms with E-state index in [4.69, 9.17) is 18.9 Å². The van der Waals surface area contributed by atoms with Crippen molar-refractivity contribution in [2.75, 3.05) is 13.2 Å². The summed E-state index contributed by atoms with van der Waals surface area (Å²) in [6, 6.07) is 14.2. The van der Waals surface area contributed by atoms with E-state index >= 15 is 0 Å². The Kier molecular flexibility index (Phi) is 7.60. The minimum Gasteiger partial charge on any atom is -0.430 e. The maximum absolute atomic E-state index is 11.9. The van der Waals surface area contributed by atoms with Crippen molar-refractivity contribution in [2.45, 2.75) is 19.3 Å². The van der Waals surface area contributed by atoms with Crippen molar-refractivity contribution in [3.05, 3.63) is 85.0 Å². The van der Waals surface area contributed by atoms with Gasteiger partial charge < -0.3 is 18.9 Å². The summed E-state index contributed by atoms with van der Waals surface area (Å²) in [5, 5.41) is 0. The first-order valence-electron chi connectivity index (χ1n) is 9.00. The summed E-state index contributed by atoms with van der Waals surface area (Å²) in [6.07, 6.45) is 1.25. The van der Waals surface area contributed by atoms with Gasteiger partial charge in [0.05, 0.1) is 0 Å².